The molecular weight excluding hydrogens is 314 g/mol. The van der Waals surface area contributed by atoms with Crippen LogP contribution in [-0.4, -0.2) is 22.9 Å². The van der Waals surface area contributed by atoms with Gasteiger partial charge in [0.05, 0.1) is 12.0 Å². The van der Waals surface area contributed by atoms with Crippen molar-refractivity contribution in [2.75, 3.05) is 7.11 Å². The molecule has 1 N–H and O–H groups in total. The second-order valence-corrected chi connectivity index (χ2v) is 4.52. The molecule has 0 atom stereocenters. The molecule has 0 aliphatic carbocycles. The first kappa shape index (κ1) is 16.8. The summed E-state index contributed by atoms with van der Waals surface area (Å²) in [5.74, 6) is -0.00916. The summed E-state index contributed by atoms with van der Waals surface area (Å²) in [5, 5.41) is 27.4. The third kappa shape index (κ3) is 3.80. The molecule has 0 aromatic heterocycles. The van der Waals surface area contributed by atoms with Gasteiger partial charge in [-0.2, -0.15) is 0 Å². The Kier molecular flexibility index (Phi) is 5.35. The van der Waals surface area contributed by atoms with E-state index in [1.54, 1.807) is 18.2 Å². The first-order valence-corrected chi connectivity index (χ1v) is 6.75. The molecule has 0 aliphatic rings. The fourth-order valence-corrected chi connectivity index (χ4v) is 1.83. The van der Waals surface area contributed by atoms with Gasteiger partial charge in [-0.1, -0.05) is 12.1 Å². The van der Waals surface area contributed by atoms with Gasteiger partial charge in [0.1, 0.15) is 12.0 Å². The summed E-state index contributed by atoms with van der Waals surface area (Å²) in [6, 6.07) is 11.9. The number of para-hydroxylation sites is 1. The number of nitro groups is 1. The summed E-state index contributed by atoms with van der Waals surface area (Å²) in [6.07, 6.45) is 0.505. The Bertz CT molecular complexity index is 813. The van der Waals surface area contributed by atoms with Crippen molar-refractivity contribution >= 4 is 17.2 Å². The van der Waals surface area contributed by atoms with Crippen LogP contribution in [0.15, 0.2) is 70.7 Å². The van der Waals surface area contributed by atoms with Gasteiger partial charge >= 0.3 is 0 Å². The zero-order valence-corrected chi connectivity index (χ0v) is 12.6. The van der Waals surface area contributed by atoms with Gasteiger partial charge in [-0.3, -0.25) is 14.9 Å². The Balaban J connectivity index is 2.26. The van der Waals surface area contributed by atoms with Crippen LogP contribution in [0.25, 0.3) is 0 Å². The average molecular weight is 327 g/mol. The number of carbonyl (C=O) groups excluding carboxylic acids is 1. The van der Waals surface area contributed by atoms with Crippen LogP contribution in [0.5, 0.6) is 5.75 Å². The van der Waals surface area contributed by atoms with Crippen molar-refractivity contribution in [3.05, 3.63) is 76.2 Å². The largest absolute Gasteiger partial charge is 0.513 e. The van der Waals surface area contributed by atoms with Crippen molar-refractivity contribution in [3.63, 3.8) is 0 Å². The smallest absolute Gasteiger partial charge is 0.296 e. The number of nitrogens with zero attached hydrogens (tertiary/aromatic N) is 3. The van der Waals surface area contributed by atoms with Gasteiger partial charge in [-0.25, -0.2) is 0 Å². The number of benzene rings is 2. The quantitative estimate of drug-likeness (QED) is 0.215. The van der Waals surface area contributed by atoms with E-state index in [-0.39, 0.29) is 22.6 Å². The van der Waals surface area contributed by atoms with Gasteiger partial charge in [0, 0.05) is 11.6 Å². The molecule has 0 fully saturated rings. The van der Waals surface area contributed by atoms with Crippen LogP contribution in [0.4, 0.5) is 11.4 Å². The molecule has 2 aromatic carbocycles. The molecule has 24 heavy (non-hydrogen) atoms. The minimum atomic E-state index is -0.609. The number of nitro benzene ring substituents is 1. The summed E-state index contributed by atoms with van der Waals surface area (Å²) < 4.78 is 5.00. The standard InChI is InChI=1S/C16H13N3O5/c1-24-12-8-6-11(7-9-12)16(21)14(10-20)18-17-13-4-2-3-5-15(13)19(22)23/h2-10,20H,1H3/b14-10-,18-17?. The first-order valence-electron chi connectivity index (χ1n) is 6.75. The molecule has 0 amide bonds. The SMILES string of the molecule is COc1ccc(C(=O)/C(=C/O)N=Nc2ccccc2[N+](=O)[O-])cc1. The number of Topliss-reactive ketones (excluding diaryl/α,β-unsaturated/α-hetero) is 1. The number of rotatable bonds is 6. The summed E-state index contributed by atoms with van der Waals surface area (Å²) in [7, 11) is 1.50. The number of allylic oxidation sites excluding steroid dienone is 1. The minimum absolute atomic E-state index is 0.0237. The number of hydrogen-bond acceptors (Lipinski definition) is 7. The van der Waals surface area contributed by atoms with Gasteiger partial charge in [0.25, 0.3) is 5.69 Å². The molecule has 8 heteroatoms. The normalized spacial score (nSPS) is 11.5. The summed E-state index contributed by atoms with van der Waals surface area (Å²) in [5.41, 5.74) is -0.365. The van der Waals surface area contributed by atoms with Crippen molar-refractivity contribution in [2.24, 2.45) is 10.2 Å². The number of aliphatic hydroxyl groups is 1. The van der Waals surface area contributed by atoms with Crippen molar-refractivity contribution in [1.82, 2.24) is 0 Å². The summed E-state index contributed by atoms with van der Waals surface area (Å²) in [6.45, 7) is 0. The lowest BCUT2D eigenvalue weighted by Crippen LogP contribution is -2.01. The van der Waals surface area contributed by atoms with Crippen LogP contribution in [0, 0.1) is 10.1 Å². The zero-order valence-electron chi connectivity index (χ0n) is 12.6. The average Bonchev–Trinajstić information content (AvgIpc) is 2.62. The Morgan fingerprint density at radius 2 is 1.88 bits per heavy atom. The molecule has 0 unspecified atom stereocenters. The maximum Gasteiger partial charge on any atom is 0.296 e. The zero-order chi connectivity index (χ0) is 17.5. The highest BCUT2D eigenvalue weighted by Gasteiger charge is 2.15. The molecule has 2 aromatic rings. The van der Waals surface area contributed by atoms with Crippen LogP contribution >= 0.6 is 0 Å². The Morgan fingerprint density at radius 1 is 1.21 bits per heavy atom. The lowest BCUT2D eigenvalue weighted by atomic mass is 10.1. The van der Waals surface area contributed by atoms with E-state index in [2.05, 4.69) is 10.2 Å². The van der Waals surface area contributed by atoms with Crippen LogP contribution < -0.4 is 4.74 Å². The number of ether oxygens (including phenoxy) is 1. The fourth-order valence-electron chi connectivity index (χ4n) is 1.83. The number of carbonyl (C=O) groups is 1. The monoisotopic (exact) mass is 327 g/mol. The first-order chi connectivity index (χ1) is 11.6. The molecule has 122 valence electrons. The number of ketones is 1. The van der Waals surface area contributed by atoms with E-state index < -0.39 is 10.7 Å². The van der Waals surface area contributed by atoms with Gasteiger partial charge in [0.15, 0.2) is 11.4 Å². The molecule has 0 saturated heterocycles. The van der Waals surface area contributed by atoms with Crippen LogP contribution in [0.3, 0.4) is 0 Å². The highest BCUT2D eigenvalue weighted by atomic mass is 16.6. The molecule has 0 saturated carbocycles. The Morgan fingerprint density at radius 3 is 2.46 bits per heavy atom. The van der Waals surface area contributed by atoms with E-state index in [0.29, 0.717) is 12.0 Å². The predicted molar refractivity (Wildman–Crippen MR) is 85.6 cm³/mol. The number of hydrogen-bond donors (Lipinski definition) is 1. The molecule has 0 heterocycles. The van der Waals surface area contributed by atoms with Gasteiger partial charge in [0.2, 0.25) is 5.78 Å². The van der Waals surface area contributed by atoms with Crippen LogP contribution in [0.2, 0.25) is 0 Å². The van der Waals surface area contributed by atoms with Crippen LogP contribution in [-0.2, 0) is 0 Å². The number of methoxy groups -OCH3 is 1. The molecular formula is C16H13N3O5. The second-order valence-electron chi connectivity index (χ2n) is 4.52. The molecule has 0 radical (unpaired) electrons. The van der Waals surface area contributed by atoms with E-state index in [1.807, 2.05) is 0 Å². The van der Waals surface area contributed by atoms with Crippen molar-refractivity contribution < 1.29 is 19.6 Å². The highest BCUT2D eigenvalue weighted by Crippen LogP contribution is 2.27. The molecule has 8 nitrogen and oxygen atoms in total. The van der Waals surface area contributed by atoms with E-state index in [9.17, 15) is 20.0 Å². The van der Waals surface area contributed by atoms with Crippen molar-refractivity contribution in [1.29, 1.82) is 0 Å². The van der Waals surface area contributed by atoms with Gasteiger partial charge in [-0.05, 0) is 30.3 Å². The lowest BCUT2D eigenvalue weighted by molar-refractivity contribution is -0.384. The van der Waals surface area contributed by atoms with E-state index in [0.717, 1.165) is 0 Å². The fraction of sp³-hybridized carbons (Fsp3) is 0.0625. The van der Waals surface area contributed by atoms with E-state index in [1.165, 1.54) is 37.4 Å². The maximum atomic E-state index is 12.3. The highest BCUT2D eigenvalue weighted by molar-refractivity contribution is 6.08. The van der Waals surface area contributed by atoms with Crippen LogP contribution in [0.1, 0.15) is 10.4 Å². The molecule has 0 aliphatic heterocycles. The third-order valence-electron chi connectivity index (χ3n) is 3.05. The summed E-state index contributed by atoms with van der Waals surface area (Å²) in [4.78, 5) is 22.6. The maximum absolute atomic E-state index is 12.3. The second kappa shape index (κ2) is 7.63. The molecule has 0 spiro atoms. The third-order valence-corrected chi connectivity index (χ3v) is 3.05. The van der Waals surface area contributed by atoms with Crippen molar-refractivity contribution in [2.45, 2.75) is 0 Å². The molecule has 0 bridgehead atoms. The topological polar surface area (TPSA) is 114 Å². The van der Waals surface area contributed by atoms with Gasteiger partial charge < -0.3 is 9.84 Å². The van der Waals surface area contributed by atoms with E-state index in [4.69, 9.17) is 4.74 Å². The van der Waals surface area contributed by atoms with E-state index >= 15 is 0 Å². The lowest BCUT2D eigenvalue weighted by Gasteiger charge is -2.02. The number of aliphatic hydroxyl groups excluding tert-OH is 1. The molecule has 2 rings (SSSR count). The summed E-state index contributed by atoms with van der Waals surface area (Å²) >= 11 is 0. The Labute approximate surface area is 136 Å². The van der Waals surface area contributed by atoms with Gasteiger partial charge in [-0.15, -0.1) is 10.2 Å². The van der Waals surface area contributed by atoms with Crippen molar-refractivity contribution in [3.8, 4) is 5.75 Å². The minimum Gasteiger partial charge on any atom is -0.513 e. The Hall–Kier alpha value is -3.55. The predicted octanol–water partition coefficient (Wildman–Crippen LogP) is 3.97. The number of azo groups is 1.